The lowest BCUT2D eigenvalue weighted by molar-refractivity contribution is 0.536. The molecule has 0 radical (unpaired) electrons. The topological polar surface area (TPSA) is 34.1 Å². The molecular formula is C6H13ClO2S. The second-order valence-corrected chi connectivity index (χ2v) is 6.15. The zero-order valence-corrected chi connectivity index (χ0v) is 8.09. The van der Waals surface area contributed by atoms with Crippen LogP contribution in [0.25, 0.3) is 0 Å². The first-order valence-electron chi connectivity index (χ1n) is 3.25. The number of halogens is 1. The Labute approximate surface area is 67.0 Å². The molecule has 4 heteroatoms. The van der Waals surface area contributed by atoms with Crippen LogP contribution in [0.3, 0.4) is 0 Å². The van der Waals surface area contributed by atoms with Gasteiger partial charge >= 0.3 is 0 Å². The normalized spacial score (nSPS) is 13.6. The molecule has 0 heterocycles. The fourth-order valence-corrected chi connectivity index (χ4v) is 1.40. The van der Waals surface area contributed by atoms with E-state index in [4.69, 9.17) is 10.7 Å². The standard InChI is InChI=1S/C6H13ClO2S/c1-4-5-6(2,3)10(7,8)9/h4-5H2,1-3H3. The molecule has 0 rings (SSSR count). The van der Waals surface area contributed by atoms with Gasteiger partial charge in [0, 0.05) is 10.7 Å². The van der Waals surface area contributed by atoms with E-state index in [1.165, 1.54) is 0 Å². The third-order valence-electron chi connectivity index (χ3n) is 1.51. The maximum atomic E-state index is 10.8. The van der Waals surface area contributed by atoms with Gasteiger partial charge in [0.1, 0.15) is 0 Å². The third kappa shape index (κ3) is 2.46. The molecule has 0 bridgehead atoms. The zero-order chi connectivity index (χ0) is 8.41. The van der Waals surface area contributed by atoms with Crippen LogP contribution in [0.2, 0.25) is 0 Å². The molecule has 2 nitrogen and oxygen atoms in total. The minimum atomic E-state index is -3.39. The van der Waals surface area contributed by atoms with Gasteiger partial charge in [-0.15, -0.1) is 0 Å². The van der Waals surface area contributed by atoms with Crippen molar-refractivity contribution in [1.29, 1.82) is 0 Å². The van der Waals surface area contributed by atoms with Gasteiger partial charge in [0.25, 0.3) is 0 Å². The fourth-order valence-electron chi connectivity index (χ4n) is 0.724. The molecule has 62 valence electrons. The summed E-state index contributed by atoms with van der Waals surface area (Å²) >= 11 is 0. The van der Waals surface area contributed by atoms with E-state index in [9.17, 15) is 8.42 Å². The minimum absolute atomic E-state index is 0.610. The largest absolute Gasteiger partial charge is 0.237 e. The number of hydrogen-bond donors (Lipinski definition) is 0. The molecule has 0 saturated carbocycles. The van der Waals surface area contributed by atoms with Crippen LogP contribution in [-0.4, -0.2) is 13.2 Å². The molecule has 0 fully saturated rings. The highest BCUT2D eigenvalue weighted by Crippen LogP contribution is 2.25. The molecule has 0 saturated heterocycles. The molecule has 0 atom stereocenters. The molecule has 0 aliphatic carbocycles. The second kappa shape index (κ2) is 3.09. The Morgan fingerprint density at radius 1 is 1.40 bits per heavy atom. The van der Waals surface area contributed by atoms with E-state index in [2.05, 4.69) is 0 Å². The summed E-state index contributed by atoms with van der Waals surface area (Å²) in [7, 11) is 1.78. The van der Waals surface area contributed by atoms with Gasteiger partial charge in [-0.2, -0.15) is 0 Å². The summed E-state index contributed by atoms with van der Waals surface area (Å²) in [5, 5.41) is 0. The summed E-state index contributed by atoms with van der Waals surface area (Å²) in [6.45, 7) is 5.21. The van der Waals surface area contributed by atoms with E-state index in [1.807, 2.05) is 6.92 Å². The van der Waals surface area contributed by atoms with Crippen LogP contribution in [-0.2, 0) is 9.05 Å². The maximum absolute atomic E-state index is 10.8. The summed E-state index contributed by atoms with van der Waals surface area (Å²) in [4.78, 5) is 0. The Bertz CT molecular complexity index is 194. The molecule has 0 unspecified atom stereocenters. The summed E-state index contributed by atoms with van der Waals surface area (Å²) in [5.74, 6) is 0. The van der Waals surface area contributed by atoms with Crippen molar-refractivity contribution in [2.45, 2.75) is 38.4 Å². The van der Waals surface area contributed by atoms with Gasteiger partial charge in [0.2, 0.25) is 9.05 Å². The van der Waals surface area contributed by atoms with Crippen LogP contribution in [0.4, 0.5) is 0 Å². The number of rotatable bonds is 3. The van der Waals surface area contributed by atoms with Gasteiger partial charge in [0.15, 0.2) is 0 Å². The van der Waals surface area contributed by atoms with Crippen LogP contribution in [0, 0.1) is 0 Å². The first-order valence-corrected chi connectivity index (χ1v) is 5.56. The highest BCUT2D eigenvalue weighted by Gasteiger charge is 2.30. The molecule has 10 heavy (non-hydrogen) atoms. The van der Waals surface area contributed by atoms with Gasteiger partial charge in [-0.3, -0.25) is 0 Å². The lowest BCUT2D eigenvalue weighted by Crippen LogP contribution is -2.27. The first kappa shape index (κ1) is 10.2. The molecule has 0 aliphatic rings. The smallest absolute Gasteiger partial charge is 0.212 e. The van der Waals surface area contributed by atoms with Gasteiger partial charge < -0.3 is 0 Å². The van der Waals surface area contributed by atoms with Crippen molar-refractivity contribution < 1.29 is 8.42 Å². The summed E-state index contributed by atoms with van der Waals surface area (Å²) < 4.78 is 20.8. The van der Waals surface area contributed by atoms with Crippen LogP contribution in [0.1, 0.15) is 33.6 Å². The highest BCUT2D eigenvalue weighted by molar-refractivity contribution is 8.14. The zero-order valence-electron chi connectivity index (χ0n) is 6.52. The Morgan fingerprint density at radius 3 is 1.90 bits per heavy atom. The quantitative estimate of drug-likeness (QED) is 0.630. The van der Waals surface area contributed by atoms with Gasteiger partial charge in [0.05, 0.1) is 4.75 Å². The minimum Gasteiger partial charge on any atom is -0.212 e. The Kier molecular flexibility index (Phi) is 3.17. The van der Waals surface area contributed by atoms with Crippen molar-refractivity contribution in [3.63, 3.8) is 0 Å². The van der Waals surface area contributed by atoms with E-state index < -0.39 is 13.8 Å². The van der Waals surface area contributed by atoms with Crippen molar-refractivity contribution >= 4 is 19.7 Å². The molecule has 0 aromatic carbocycles. The lowest BCUT2D eigenvalue weighted by atomic mass is 10.1. The molecular weight excluding hydrogens is 172 g/mol. The molecule has 0 amide bonds. The molecule has 0 spiro atoms. The van der Waals surface area contributed by atoms with E-state index in [0.717, 1.165) is 6.42 Å². The van der Waals surface area contributed by atoms with Gasteiger partial charge in [-0.05, 0) is 20.3 Å². The fraction of sp³-hybridized carbons (Fsp3) is 1.00. The van der Waals surface area contributed by atoms with Crippen LogP contribution in [0.5, 0.6) is 0 Å². The monoisotopic (exact) mass is 184 g/mol. The lowest BCUT2D eigenvalue weighted by Gasteiger charge is -2.18. The predicted octanol–water partition coefficient (Wildman–Crippen LogP) is 2.13. The third-order valence-corrected chi connectivity index (χ3v) is 4.29. The van der Waals surface area contributed by atoms with E-state index in [1.54, 1.807) is 13.8 Å². The van der Waals surface area contributed by atoms with Gasteiger partial charge in [-0.1, -0.05) is 13.3 Å². The van der Waals surface area contributed by atoms with Crippen molar-refractivity contribution in [1.82, 2.24) is 0 Å². The van der Waals surface area contributed by atoms with Gasteiger partial charge in [-0.25, -0.2) is 8.42 Å². The molecule has 0 aromatic heterocycles. The van der Waals surface area contributed by atoms with Crippen molar-refractivity contribution in [2.75, 3.05) is 0 Å². The second-order valence-electron chi connectivity index (χ2n) is 2.95. The van der Waals surface area contributed by atoms with Crippen molar-refractivity contribution in [3.8, 4) is 0 Å². The summed E-state index contributed by atoms with van der Waals surface area (Å²) in [6.07, 6.45) is 1.44. The van der Waals surface area contributed by atoms with Crippen LogP contribution < -0.4 is 0 Å². The average Bonchev–Trinajstić information content (AvgIpc) is 1.61. The van der Waals surface area contributed by atoms with E-state index in [-0.39, 0.29) is 0 Å². The Morgan fingerprint density at radius 2 is 1.80 bits per heavy atom. The Balaban J connectivity index is 4.42. The van der Waals surface area contributed by atoms with Crippen molar-refractivity contribution in [2.24, 2.45) is 0 Å². The van der Waals surface area contributed by atoms with Crippen molar-refractivity contribution in [3.05, 3.63) is 0 Å². The number of hydrogen-bond acceptors (Lipinski definition) is 2. The SMILES string of the molecule is CCCC(C)(C)S(=O)(=O)Cl. The van der Waals surface area contributed by atoms with E-state index in [0.29, 0.717) is 6.42 Å². The summed E-state index contributed by atoms with van der Waals surface area (Å²) in [5.41, 5.74) is 0. The highest BCUT2D eigenvalue weighted by atomic mass is 35.7. The molecule has 0 aliphatic heterocycles. The Hall–Kier alpha value is 0.240. The first-order chi connectivity index (χ1) is 4.31. The maximum Gasteiger partial charge on any atom is 0.237 e. The predicted molar refractivity (Wildman–Crippen MR) is 43.8 cm³/mol. The molecule has 0 aromatic rings. The van der Waals surface area contributed by atoms with Crippen LogP contribution >= 0.6 is 10.7 Å². The van der Waals surface area contributed by atoms with Crippen LogP contribution in [0.15, 0.2) is 0 Å². The van der Waals surface area contributed by atoms with E-state index >= 15 is 0 Å². The average molecular weight is 185 g/mol. The summed E-state index contributed by atoms with van der Waals surface area (Å²) in [6, 6.07) is 0. The molecule has 0 N–H and O–H groups in total.